The molecule has 1 aromatic carbocycles. The predicted octanol–water partition coefficient (Wildman–Crippen LogP) is 2.18. The molecule has 0 aliphatic heterocycles. The van der Waals surface area contributed by atoms with Crippen molar-refractivity contribution in [1.29, 1.82) is 10.5 Å². The van der Waals surface area contributed by atoms with E-state index in [0.29, 0.717) is 0 Å². The lowest BCUT2D eigenvalue weighted by molar-refractivity contribution is 0.149. The molecule has 0 spiro atoms. The fourth-order valence-electron chi connectivity index (χ4n) is 2.22. The Morgan fingerprint density at radius 3 is 2.41 bits per heavy atom. The molecule has 0 amide bonds. The van der Waals surface area contributed by atoms with Crippen molar-refractivity contribution < 1.29 is 8.78 Å². The number of pyridine rings is 1. The third kappa shape index (κ3) is 2.65. The van der Waals surface area contributed by atoms with Gasteiger partial charge in [-0.15, -0.1) is 0 Å². The maximum Gasteiger partial charge on any atom is 0.268 e. The number of aromatic nitrogens is 1. The second-order valence-electron chi connectivity index (χ2n) is 4.47. The predicted molar refractivity (Wildman–Crippen MR) is 76.0 cm³/mol. The number of halogens is 2. The summed E-state index contributed by atoms with van der Waals surface area (Å²) in [6.45, 7) is 0. The lowest BCUT2D eigenvalue weighted by atomic mass is 9.92. The number of rotatable bonds is 3. The van der Waals surface area contributed by atoms with Crippen LogP contribution in [0.3, 0.4) is 0 Å². The van der Waals surface area contributed by atoms with Crippen molar-refractivity contribution in [2.24, 2.45) is 0 Å². The fourth-order valence-corrected chi connectivity index (χ4v) is 2.22. The number of nitrogens with two attached hydrogens (primary N) is 1. The lowest BCUT2D eigenvalue weighted by Crippen LogP contribution is -2.17. The van der Waals surface area contributed by atoms with E-state index in [1.165, 1.54) is 12.1 Å². The van der Waals surface area contributed by atoms with Gasteiger partial charge in [0.05, 0.1) is 0 Å². The number of nitrogens with zero attached hydrogens (tertiary/aromatic N) is 2. The molecule has 0 bridgehead atoms. The number of nitrogen functional groups attached to an aromatic ring is 1. The molecular weight excluding hydrogens is 290 g/mol. The van der Waals surface area contributed by atoms with Gasteiger partial charge in [-0.2, -0.15) is 10.5 Å². The second kappa shape index (κ2) is 6.06. The highest BCUT2D eigenvalue weighted by molar-refractivity contribution is 5.81. The Morgan fingerprint density at radius 2 is 1.82 bits per heavy atom. The van der Waals surface area contributed by atoms with Crippen molar-refractivity contribution in [3.8, 4) is 23.3 Å². The molecule has 1 heterocycles. The molecule has 2 rings (SSSR count). The van der Waals surface area contributed by atoms with Crippen molar-refractivity contribution >= 4 is 5.82 Å². The van der Waals surface area contributed by atoms with Crippen molar-refractivity contribution in [2.45, 2.75) is 12.8 Å². The number of benzene rings is 1. The smallest absolute Gasteiger partial charge is 0.268 e. The summed E-state index contributed by atoms with van der Waals surface area (Å²) < 4.78 is 25.4. The first-order chi connectivity index (χ1) is 10.5. The first-order valence-corrected chi connectivity index (χ1v) is 6.22. The number of H-pyrrole nitrogens is 1. The van der Waals surface area contributed by atoms with Crippen LogP contribution in [0.4, 0.5) is 14.6 Å². The number of hydrogen-bond donors (Lipinski definition) is 2. The summed E-state index contributed by atoms with van der Waals surface area (Å²) in [6.07, 6.45) is -3.16. The zero-order valence-corrected chi connectivity index (χ0v) is 11.2. The second-order valence-corrected chi connectivity index (χ2v) is 4.47. The van der Waals surface area contributed by atoms with Crippen LogP contribution in [0.25, 0.3) is 11.1 Å². The van der Waals surface area contributed by atoms with Gasteiger partial charge < -0.3 is 10.7 Å². The molecule has 22 heavy (non-hydrogen) atoms. The van der Waals surface area contributed by atoms with Crippen LogP contribution >= 0.6 is 0 Å². The molecule has 0 aliphatic rings. The summed E-state index contributed by atoms with van der Waals surface area (Å²) in [5.41, 5.74) is 4.86. The molecule has 0 radical (unpaired) electrons. The SMILES string of the molecule is N#Cc1c(N)[nH]c(=O)c(C#N)c1-c1ccccc1CC(F)F. The summed E-state index contributed by atoms with van der Waals surface area (Å²) in [5, 5.41) is 18.4. The Labute approximate surface area is 124 Å². The monoisotopic (exact) mass is 300 g/mol. The zero-order chi connectivity index (χ0) is 16.3. The van der Waals surface area contributed by atoms with Crippen molar-refractivity contribution in [2.75, 3.05) is 5.73 Å². The molecule has 0 aliphatic carbocycles. The summed E-state index contributed by atoms with van der Waals surface area (Å²) in [6, 6.07) is 9.60. The molecule has 0 fully saturated rings. The van der Waals surface area contributed by atoms with Gasteiger partial charge in [-0.1, -0.05) is 24.3 Å². The normalized spacial score (nSPS) is 10.2. The third-order valence-electron chi connectivity index (χ3n) is 3.13. The maximum absolute atomic E-state index is 12.7. The van der Waals surface area contributed by atoms with E-state index in [1.54, 1.807) is 18.2 Å². The molecule has 0 unspecified atom stereocenters. The largest absolute Gasteiger partial charge is 0.384 e. The van der Waals surface area contributed by atoms with Crippen LogP contribution < -0.4 is 11.3 Å². The average molecular weight is 300 g/mol. The maximum atomic E-state index is 12.7. The quantitative estimate of drug-likeness (QED) is 0.905. The van der Waals surface area contributed by atoms with E-state index in [-0.39, 0.29) is 33.6 Å². The number of aromatic amines is 1. The van der Waals surface area contributed by atoms with Crippen molar-refractivity contribution in [3.05, 3.63) is 51.3 Å². The highest BCUT2D eigenvalue weighted by Crippen LogP contribution is 2.31. The van der Waals surface area contributed by atoms with Crippen LogP contribution in [0.5, 0.6) is 0 Å². The van der Waals surface area contributed by atoms with Crippen LogP contribution in [-0.2, 0) is 6.42 Å². The molecule has 7 heteroatoms. The van der Waals surface area contributed by atoms with E-state index in [9.17, 15) is 24.1 Å². The Bertz CT molecular complexity index is 859. The van der Waals surface area contributed by atoms with E-state index in [4.69, 9.17) is 5.73 Å². The molecule has 0 saturated heterocycles. The van der Waals surface area contributed by atoms with Crippen LogP contribution in [0.15, 0.2) is 29.1 Å². The molecule has 5 nitrogen and oxygen atoms in total. The van der Waals surface area contributed by atoms with Gasteiger partial charge in [-0.3, -0.25) is 4.79 Å². The average Bonchev–Trinajstić information content (AvgIpc) is 2.46. The number of hydrogen-bond acceptors (Lipinski definition) is 4. The van der Waals surface area contributed by atoms with Gasteiger partial charge in [0, 0.05) is 12.0 Å². The first kappa shape index (κ1) is 15.2. The number of nitriles is 2. The van der Waals surface area contributed by atoms with Gasteiger partial charge in [-0.25, -0.2) is 8.78 Å². The van der Waals surface area contributed by atoms with E-state index in [0.717, 1.165) is 0 Å². The minimum Gasteiger partial charge on any atom is -0.384 e. The van der Waals surface area contributed by atoms with Crippen LogP contribution in [0.2, 0.25) is 0 Å². The minimum atomic E-state index is -2.60. The van der Waals surface area contributed by atoms with Crippen molar-refractivity contribution in [3.63, 3.8) is 0 Å². The number of anilines is 1. The van der Waals surface area contributed by atoms with Crippen LogP contribution in [-0.4, -0.2) is 11.4 Å². The third-order valence-corrected chi connectivity index (χ3v) is 3.13. The van der Waals surface area contributed by atoms with E-state index < -0.39 is 18.4 Å². The molecule has 3 N–H and O–H groups in total. The molecule has 0 atom stereocenters. The highest BCUT2D eigenvalue weighted by Gasteiger charge is 2.21. The Balaban J connectivity index is 2.87. The summed E-state index contributed by atoms with van der Waals surface area (Å²) in [4.78, 5) is 14.1. The van der Waals surface area contributed by atoms with E-state index in [2.05, 4.69) is 4.98 Å². The van der Waals surface area contributed by atoms with Gasteiger partial charge in [0.25, 0.3) is 5.56 Å². The topological polar surface area (TPSA) is 106 Å². The van der Waals surface area contributed by atoms with Gasteiger partial charge in [0.15, 0.2) is 0 Å². The standard InChI is InChI=1S/C15H10F2N4O/c16-12(17)5-8-3-1-2-4-9(8)13-10(6-18)14(20)21-15(22)11(13)7-19/h1-4,12H,5H2,(H3,20,21,22). The molecule has 1 aromatic heterocycles. The summed E-state index contributed by atoms with van der Waals surface area (Å²) >= 11 is 0. The Hall–Kier alpha value is -3.19. The Kier molecular flexibility index (Phi) is 4.19. The molecular formula is C15H10F2N4O. The molecule has 110 valence electrons. The Morgan fingerprint density at radius 1 is 1.18 bits per heavy atom. The number of alkyl halides is 2. The molecule has 0 saturated carbocycles. The van der Waals surface area contributed by atoms with Crippen molar-refractivity contribution in [1.82, 2.24) is 4.98 Å². The van der Waals surface area contributed by atoms with Crippen LogP contribution in [0.1, 0.15) is 16.7 Å². The minimum absolute atomic E-state index is 0.0116. The highest BCUT2D eigenvalue weighted by atomic mass is 19.3. The van der Waals surface area contributed by atoms with E-state index in [1.807, 2.05) is 6.07 Å². The van der Waals surface area contributed by atoms with Gasteiger partial charge in [0.1, 0.15) is 29.1 Å². The fraction of sp³-hybridized carbons (Fsp3) is 0.133. The van der Waals surface area contributed by atoms with E-state index >= 15 is 0 Å². The first-order valence-electron chi connectivity index (χ1n) is 6.22. The lowest BCUT2D eigenvalue weighted by Gasteiger charge is -2.13. The number of nitrogens with one attached hydrogen (secondary N) is 1. The zero-order valence-electron chi connectivity index (χ0n) is 11.2. The van der Waals surface area contributed by atoms with Crippen LogP contribution in [0, 0.1) is 22.7 Å². The summed E-state index contributed by atoms with van der Waals surface area (Å²) in [7, 11) is 0. The van der Waals surface area contributed by atoms with Gasteiger partial charge in [-0.05, 0) is 11.1 Å². The van der Waals surface area contributed by atoms with Gasteiger partial charge in [0.2, 0.25) is 6.43 Å². The summed E-state index contributed by atoms with van der Waals surface area (Å²) in [5.74, 6) is -0.201. The molecule has 2 aromatic rings. The van der Waals surface area contributed by atoms with Gasteiger partial charge >= 0.3 is 0 Å².